The van der Waals surface area contributed by atoms with Crippen molar-refractivity contribution in [3.05, 3.63) is 0 Å². The molecule has 0 aliphatic carbocycles. The fourth-order valence-electron chi connectivity index (χ4n) is 2.28. The minimum atomic E-state index is 0.152. The molecule has 100 valence electrons. The Balaban J connectivity index is 2.10. The van der Waals surface area contributed by atoms with Gasteiger partial charge in [0.2, 0.25) is 5.91 Å². The number of carbonyl (C=O) groups is 1. The summed E-state index contributed by atoms with van der Waals surface area (Å²) < 4.78 is 0. The molecule has 0 radical (unpaired) electrons. The van der Waals surface area contributed by atoms with Crippen LogP contribution in [0.2, 0.25) is 0 Å². The molecule has 1 saturated heterocycles. The third-order valence-corrected chi connectivity index (χ3v) is 3.46. The van der Waals surface area contributed by atoms with Crippen molar-refractivity contribution in [2.75, 3.05) is 32.8 Å². The van der Waals surface area contributed by atoms with E-state index in [1.165, 1.54) is 0 Å². The normalized spacial score (nSPS) is 18.2. The van der Waals surface area contributed by atoms with Gasteiger partial charge in [-0.1, -0.05) is 13.3 Å². The summed E-state index contributed by atoms with van der Waals surface area (Å²) in [6.07, 6.45) is 5.32. The molecule has 1 rings (SSSR count). The molecule has 1 amide bonds. The number of likely N-dealkylation sites (tertiary alicyclic amines) is 1. The lowest BCUT2D eigenvalue weighted by Gasteiger charge is -2.31. The number of piperidine rings is 1. The molecule has 17 heavy (non-hydrogen) atoms. The van der Waals surface area contributed by atoms with Gasteiger partial charge in [0, 0.05) is 13.2 Å². The average molecular weight is 242 g/mol. The number of amides is 1. The molecule has 1 aliphatic rings. The van der Waals surface area contributed by atoms with Gasteiger partial charge in [-0.2, -0.15) is 0 Å². The maximum absolute atomic E-state index is 11.6. The number of hydrogen-bond acceptors (Lipinski definition) is 3. The fourth-order valence-corrected chi connectivity index (χ4v) is 2.28. The SMILES string of the molecule is CCCCNC(=O)CN1CCC(CCO)CC1. The Kier molecular flexibility index (Phi) is 7.21. The minimum Gasteiger partial charge on any atom is -0.396 e. The van der Waals surface area contributed by atoms with E-state index in [9.17, 15) is 4.79 Å². The van der Waals surface area contributed by atoms with Gasteiger partial charge >= 0.3 is 0 Å². The molecule has 0 saturated carbocycles. The monoisotopic (exact) mass is 242 g/mol. The Morgan fingerprint density at radius 1 is 1.41 bits per heavy atom. The highest BCUT2D eigenvalue weighted by atomic mass is 16.3. The summed E-state index contributed by atoms with van der Waals surface area (Å²) in [4.78, 5) is 13.8. The minimum absolute atomic E-state index is 0.152. The van der Waals surface area contributed by atoms with Crippen LogP contribution in [0.4, 0.5) is 0 Å². The highest BCUT2D eigenvalue weighted by Crippen LogP contribution is 2.19. The van der Waals surface area contributed by atoms with Crippen molar-refractivity contribution in [1.82, 2.24) is 10.2 Å². The van der Waals surface area contributed by atoms with Crippen LogP contribution in [-0.4, -0.2) is 48.7 Å². The van der Waals surface area contributed by atoms with E-state index in [1.807, 2.05) is 0 Å². The summed E-state index contributed by atoms with van der Waals surface area (Å²) in [5.74, 6) is 0.804. The van der Waals surface area contributed by atoms with E-state index in [0.717, 1.165) is 51.7 Å². The first-order valence-corrected chi connectivity index (χ1v) is 6.86. The van der Waals surface area contributed by atoms with Gasteiger partial charge in [0.25, 0.3) is 0 Å². The molecule has 0 bridgehead atoms. The van der Waals surface area contributed by atoms with Crippen LogP contribution in [0.25, 0.3) is 0 Å². The molecule has 0 aromatic carbocycles. The summed E-state index contributed by atoms with van der Waals surface area (Å²) in [5, 5.41) is 11.8. The number of rotatable bonds is 7. The van der Waals surface area contributed by atoms with E-state index in [1.54, 1.807) is 0 Å². The highest BCUT2D eigenvalue weighted by Gasteiger charge is 2.19. The van der Waals surface area contributed by atoms with Gasteiger partial charge in [-0.25, -0.2) is 0 Å². The number of unbranched alkanes of at least 4 members (excludes halogenated alkanes) is 1. The van der Waals surface area contributed by atoms with Crippen LogP contribution >= 0.6 is 0 Å². The Morgan fingerprint density at radius 2 is 2.12 bits per heavy atom. The third kappa shape index (κ3) is 6.03. The zero-order valence-corrected chi connectivity index (χ0v) is 11.0. The molecular weight excluding hydrogens is 216 g/mol. The van der Waals surface area contributed by atoms with Crippen LogP contribution in [0.15, 0.2) is 0 Å². The lowest BCUT2D eigenvalue weighted by molar-refractivity contribution is -0.122. The van der Waals surface area contributed by atoms with Crippen LogP contribution in [-0.2, 0) is 4.79 Å². The summed E-state index contributed by atoms with van der Waals surface area (Å²) in [6, 6.07) is 0. The number of aliphatic hydroxyl groups excluding tert-OH is 1. The van der Waals surface area contributed by atoms with Crippen LogP contribution in [0, 0.1) is 5.92 Å². The molecule has 1 fully saturated rings. The van der Waals surface area contributed by atoms with E-state index in [4.69, 9.17) is 5.11 Å². The molecule has 4 nitrogen and oxygen atoms in total. The van der Waals surface area contributed by atoms with E-state index in [2.05, 4.69) is 17.1 Å². The van der Waals surface area contributed by atoms with E-state index in [0.29, 0.717) is 19.1 Å². The zero-order valence-electron chi connectivity index (χ0n) is 11.0. The second kappa shape index (κ2) is 8.48. The zero-order chi connectivity index (χ0) is 12.5. The summed E-state index contributed by atoms with van der Waals surface area (Å²) in [6.45, 7) is 5.74. The van der Waals surface area contributed by atoms with E-state index < -0.39 is 0 Å². The second-order valence-electron chi connectivity index (χ2n) is 4.94. The molecule has 1 heterocycles. The van der Waals surface area contributed by atoms with Gasteiger partial charge < -0.3 is 10.4 Å². The molecule has 0 atom stereocenters. The lowest BCUT2D eigenvalue weighted by Crippen LogP contribution is -2.41. The molecular formula is C13H26N2O2. The first-order chi connectivity index (χ1) is 8.26. The topological polar surface area (TPSA) is 52.6 Å². The predicted molar refractivity (Wildman–Crippen MR) is 68.8 cm³/mol. The van der Waals surface area contributed by atoms with Gasteiger partial charge in [0.05, 0.1) is 6.54 Å². The van der Waals surface area contributed by atoms with Crippen LogP contribution in [0.5, 0.6) is 0 Å². The number of hydrogen-bond donors (Lipinski definition) is 2. The van der Waals surface area contributed by atoms with Crippen molar-refractivity contribution in [2.24, 2.45) is 5.92 Å². The van der Waals surface area contributed by atoms with Gasteiger partial charge in [-0.05, 0) is 44.7 Å². The van der Waals surface area contributed by atoms with Crippen molar-refractivity contribution >= 4 is 5.91 Å². The summed E-state index contributed by atoms with van der Waals surface area (Å²) >= 11 is 0. The van der Waals surface area contributed by atoms with E-state index >= 15 is 0 Å². The fraction of sp³-hybridized carbons (Fsp3) is 0.923. The molecule has 4 heteroatoms. The summed E-state index contributed by atoms with van der Waals surface area (Å²) in [5.41, 5.74) is 0. The van der Waals surface area contributed by atoms with Crippen molar-refractivity contribution in [1.29, 1.82) is 0 Å². The molecule has 0 spiro atoms. The quantitative estimate of drug-likeness (QED) is 0.655. The summed E-state index contributed by atoms with van der Waals surface area (Å²) in [7, 11) is 0. The molecule has 0 unspecified atom stereocenters. The largest absolute Gasteiger partial charge is 0.396 e. The van der Waals surface area contributed by atoms with Gasteiger partial charge in [-0.15, -0.1) is 0 Å². The van der Waals surface area contributed by atoms with Gasteiger partial charge in [-0.3, -0.25) is 9.69 Å². The smallest absolute Gasteiger partial charge is 0.234 e. The Labute approximate surface area is 104 Å². The standard InChI is InChI=1S/C13H26N2O2/c1-2-3-7-14-13(17)11-15-8-4-12(5-9-15)6-10-16/h12,16H,2-11H2,1H3,(H,14,17). The van der Waals surface area contributed by atoms with Gasteiger partial charge in [0.1, 0.15) is 0 Å². The molecule has 0 aromatic heterocycles. The Bertz CT molecular complexity index is 213. The molecule has 2 N–H and O–H groups in total. The Hall–Kier alpha value is -0.610. The van der Waals surface area contributed by atoms with Crippen LogP contribution in [0.1, 0.15) is 39.0 Å². The second-order valence-corrected chi connectivity index (χ2v) is 4.94. The van der Waals surface area contributed by atoms with Crippen molar-refractivity contribution in [3.63, 3.8) is 0 Å². The number of nitrogens with one attached hydrogen (secondary N) is 1. The highest BCUT2D eigenvalue weighted by molar-refractivity contribution is 5.77. The lowest BCUT2D eigenvalue weighted by atomic mass is 9.94. The predicted octanol–water partition coefficient (Wildman–Crippen LogP) is 0.997. The van der Waals surface area contributed by atoms with Crippen LogP contribution < -0.4 is 5.32 Å². The van der Waals surface area contributed by atoms with Gasteiger partial charge in [0.15, 0.2) is 0 Å². The number of carbonyl (C=O) groups excluding carboxylic acids is 1. The van der Waals surface area contributed by atoms with Crippen molar-refractivity contribution < 1.29 is 9.90 Å². The number of aliphatic hydroxyl groups is 1. The first-order valence-electron chi connectivity index (χ1n) is 6.86. The number of nitrogens with zero attached hydrogens (tertiary/aromatic N) is 1. The van der Waals surface area contributed by atoms with E-state index in [-0.39, 0.29) is 5.91 Å². The maximum atomic E-state index is 11.6. The maximum Gasteiger partial charge on any atom is 0.234 e. The van der Waals surface area contributed by atoms with Crippen molar-refractivity contribution in [2.45, 2.75) is 39.0 Å². The van der Waals surface area contributed by atoms with Crippen LogP contribution in [0.3, 0.4) is 0 Å². The third-order valence-electron chi connectivity index (χ3n) is 3.46. The Morgan fingerprint density at radius 3 is 2.71 bits per heavy atom. The molecule has 1 aliphatic heterocycles. The first kappa shape index (κ1) is 14.5. The average Bonchev–Trinajstić information content (AvgIpc) is 2.32. The van der Waals surface area contributed by atoms with Crippen molar-refractivity contribution in [3.8, 4) is 0 Å². The molecule has 0 aromatic rings.